The summed E-state index contributed by atoms with van der Waals surface area (Å²) in [6.45, 7) is 13.7. The summed E-state index contributed by atoms with van der Waals surface area (Å²) < 4.78 is 42.5. The number of para-hydroxylation sites is 1. The fourth-order valence-corrected chi connectivity index (χ4v) is 8.16. The summed E-state index contributed by atoms with van der Waals surface area (Å²) in [5.41, 5.74) is 4.02. The van der Waals surface area contributed by atoms with E-state index >= 15 is 0 Å². The summed E-state index contributed by atoms with van der Waals surface area (Å²) in [6, 6.07) is 20.9. The van der Waals surface area contributed by atoms with Crippen LogP contribution < -0.4 is 14.4 Å². The maximum absolute atomic E-state index is 14.3. The summed E-state index contributed by atoms with van der Waals surface area (Å²) in [5.74, 6) is 0.700. The van der Waals surface area contributed by atoms with Crippen LogP contribution in [0.3, 0.4) is 0 Å². The zero-order valence-electron chi connectivity index (χ0n) is 23.3. The lowest BCUT2D eigenvalue weighted by molar-refractivity contribution is 0.250. The molecule has 38 heavy (non-hydrogen) atoms. The minimum atomic E-state index is -3.88. The molecule has 0 spiro atoms. The van der Waals surface area contributed by atoms with Crippen LogP contribution in [0.1, 0.15) is 43.9 Å². The first-order valence-electron chi connectivity index (χ1n) is 13.1. The van der Waals surface area contributed by atoms with Crippen LogP contribution in [0.2, 0.25) is 18.1 Å². The molecule has 2 aliphatic heterocycles. The molecule has 0 saturated carbocycles. The Morgan fingerprint density at radius 2 is 1.68 bits per heavy atom. The molecule has 5 rings (SSSR count). The molecule has 0 bridgehead atoms. The van der Waals surface area contributed by atoms with Crippen molar-refractivity contribution in [2.24, 2.45) is 0 Å². The van der Waals surface area contributed by atoms with E-state index in [1.807, 2.05) is 55.5 Å². The third-order valence-electron chi connectivity index (χ3n) is 8.67. The van der Waals surface area contributed by atoms with Crippen molar-refractivity contribution in [2.45, 2.75) is 68.7 Å². The first-order valence-corrected chi connectivity index (χ1v) is 17.5. The van der Waals surface area contributed by atoms with E-state index in [0.717, 1.165) is 22.4 Å². The molecule has 2 aliphatic rings. The molecule has 202 valence electrons. The van der Waals surface area contributed by atoms with Gasteiger partial charge in [0, 0.05) is 12.3 Å². The number of aryl methyl sites for hydroxylation is 1. The van der Waals surface area contributed by atoms with Gasteiger partial charge in [-0.1, -0.05) is 56.7 Å². The van der Waals surface area contributed by atoms with Crippen LogP contribution in [0.4, 0.5) is 11.4 Å². The van der Waals surface area contributed by atoms with Crippen LogP contribution >= 0.6 is 0 Å². The average molecular weight is 551 g/mol. The van der Waals surface area contributed by atoms with Gasteiger partial charge in [0.1, 0.15) is 11.9 Å². The smallest absolute Gasteiger partial charge is 0.266 e. The highest BCUT2D eigenvalue weighted by molar-refractivity contribution is 7.93. The van der Waals surface area contributed by atoms with E-state index in [1.165, 1.54) is 0 Å². The summed E-state index contributed by atoms with van der Waals surface area (Å²) in [5, 5.41) is 3.68. The predicted octanol–water partition coefficient (Wildman–Crippen LogP) is 6.66. The number of fused-ring (bicyclic) bond motifs is 5. The minimum absolute atomic E-state index is 0.0769. The molecule has 2 heterocycles. The number of methoxy groups -OCH3 is 1. The van der Waals surface area contributed by atoms with Crippen molar-refractivity contribution in [3.8, 4) is 5.75 Å². The van der Waals surface area contributed by atoms with E-state index in [1.54, 1.807) is 23.5 Å². The third kappa shape index (κ3) is 4.05. The largest absolute Gasteiger partial charge is 0.497 e. The Morgan fingerprint density at radius 3 is 2.34 bits per heavy atom. The van der Waals surface area contributed by atoms with E-state index in [0.29, 0.717) is 24.5 Å². The fourth-order valence-electron chi connectivity index (χ4n) is 5.48. The van der Waals surface area contributed by atoms with Crippen LogP contribution in [0, 0.1) is 6.92 Å². The van der Waals surface area contributed by atoms with Gasteiger partial charge in [0.2, 0.25) is 0 Å². The van der Waals surface area contributed by atoms with Gasteiger partial charge in [0.05, 0.1) is 23.1 Å². The summed E-state index contributed by atoms with van der Waals surface area (Å²) in [6.07, 6.45) is 0.102. The monoisotopic (exact) mass is 550 g/mol. The molecular weight excluding hydrogens is 512 g/mol. The Kier molecular flexibility index (Phi) is 6.44. The number of rotatable bonds is 7. The van der Waals surface area contributed by atoms with Crippen LogP contribution in [-0.4, -0.2) is 36.6 Å². The van der Waals surface area contributed by atoms with Gasteiger partial charge in [0.25, 0.3) is 10.0 Å². The maximum atomic E-state index is 14.3. The Balaban J connectivity index is 1.68. The molecule has 1 N–H and O–H groups in total. The van der Waals surface area contributed by atoms with E-state index in [2.05, 4.69) is 45.2 Å². The van der Waals surface area contributed by atoms with Crippen molar-refractivity contribution in [3.63, 3.8) is 0 Å². The summed E-state index contributed by atoms with van der Waals surface area (Å²) in [7, 11) is -4.25. The second-order valence-electron chi connectivity index (χ2n) is 11.9. The molecule has 3 aromatic carbocycles. The molecule has 0 aromatic heterocycles. The Morgan fingerprint density at radius 1 is 1.00 bits per heavy atom. The van der Waals surface area contributed by atoms with Gasteiger partial charge in [-0.2, -0.15) is 0 Å². The summed E-state index contributed by atoms with van der Waals surface area (Å²) in [4.78, 5) is 0.274. The van der Waals surface area contributed by atoms with Crippen molar-refractivity contribution < 1.29 is 17.6 Å². The van der Waals surface area contributed by atoms with E-state index in [9.17, 15) is 8.42 Å². The van der Waals surface area contributed by atoms with Gasteiger partial charge < -0.3 is 14.5 Å². The van der Waals surface area contributed by atoms with Crippen LogP contribution in [0.5, 0.6) is 5.75 Å². The van der Waals surface area contributed by atoms with Crippen molar-refractivity contribution in [1.29, 1.82) is 0 Å². The number of sulfonamides is 1. The maximum Gasteiger partial charge on any atom is 0.266 e. The first-order chi connectivity index (χ1) is 17.8. The number of nitrogens with zero attached hydrogens (tertiary/aromatic N) is 1. The lowest BCUT2D eigenvalue weighted by Gasteiger charge is -2.38. The molecular formula is C30H38N2O4SSi. The topological polar surface area (TPSA) is 67.9 Å². The lowest BCUT2D eigenvalue weighted by Crippen LogP contribution is -2.50. The Hall–Kier alpha value is -2.81. The Bertz CT molecular complexity index is 1460. The third-order valence-corrected chi connectivity index (χ3v) is 15.0. The SMILES string of the molecule is COc1ccc2c(c1)[C@]1(CCO[Si](C)(C)C(C)(C)C)c3ccccc3N[C@@H]1N2S(=O)(=O)c1ccc(C)cc1. The second-order valence-corrected chi connectivity index (χ2v) is 18.5. The molecule has 0 fully saturated rings. The van der Waals surface area contributed by atoms with E-state index < -0.39 is 29.9 Å². The molecule has 0 radical (unpaired) electrons. The fraction of sp³-hybridized carbons (Fsp3) is 0.400. The molecule has 2 atom stereocenters. The highest BCUT2D eigenvalue weighted by Gasteiger charge is 2.60. The van der Waals surface area contributed by atoms with Crippen LogP contribution in [-0.2, 0) is 19.9 Å². The quantitative estimate of drug-likeness (QED) is 0.333. The first kappa shape index (κ1) is 26.8. The molecule has 0 amide bonds. The number of anilines is 2. The highest BCUT2D eigenvalue weighted by atomic mass is 32.2. The van der Waals surface area contributed by atoms with Gasteiger partial charge in [-0.15, -0.1) is 0 Å². The molecule has 3 aromatic rings. The summed E-state index contributed by atoms with van der Waals surface area (Å²) >= 11 is 0. The molecule has 6 nitrogen and oxygen atoms in total. The molecule has 8 heteroatoms. The predicted molar refractivity (Wildman–Crippen MR) is 156 cm³/mol. The van der Waals surface area contributed by atoms with Gasteiger partial charge in [0.15, 0.2) is 8.32 Å². The number of hydrogen-bond donors (Lipinski definition) is 1. The zero-order chi connectivity index (χ0) is 27.5. The van der Waals surface area contributed by atoms with Crippen LogP contribution in [0.25, 0.3) is 0 Å². The number of nitrogens with one attached hydrogen (secondary N) is 1. The second kappa shape index (κ2) is 9.14. The van der Waals surface area contributed by atoms with E-state index in [-0.39, 0.29) is 9.93 Å². The number of ether oxygens (including phenoxy) is 1. The number of benzene rings is 3. The highest BCUT2D eigenvalue weighted by Crippen LogP contribution is 2.59. The van der Waals surface area contributed by atoms with Gasteiger partial charge in [-0.05, 0) is 79.0 Å². The van der Waals surface area contributed by atoms with Crippen molar-refractivity contribution in [3.05, 3.63) is 83.4 Å². The van der Waals surface area contributed by atoms with E-state index in [4.69, 9.17) is 9.16 Å². The lowest BCUT2D eigenvalue weighted by atomic mass is 9.73. The number of hydrogen-bond acceptors (Lipinski definition) is 5. The Labute approximate surface area is 228 Å². The van der Waals surface area contributed by atoms with Gasteiger partial charge in [-0.3, -0.25) is 0 Å². The van der Waals surface area contributed by atoms with Crippen LogP contribution in [0.15, 0.2) is 71.6 Å². The normalized spacial score (nSPS) is 20.5. The standard InChI is InChI=1S/C30H38N2O4SSi/c1-21-12-15-23(16-13-21)37(33,34)32-27-17-14-22(35-5)20-25(27)30(18-19-36-38(6,7)29(2,3)4)24-10-8-9-11-26(24)31-28(30)32/h8-17,20,28,31H,18-19H2,1-7H3/t28-,30+/m1/s1. The van der Waals surface area contributed by atoms with Crippen molar-refractivity contribution >= 4 is 29.7 Å². The molecule has 0 aliphatic carbocycles. The minimum Gasteiger partial charge on any atom is -0.497 e. The zero-order valence-corrected chi connectivity index (χ0v) is 25.1. The average Bonchev–Trinajstić information content (AvgIpc) is 3.32. The van der Waals surface area contributed by atoms with Gasteiger partial charge in [-0.25, -0.2) is 12.7 Å². The molecule has 0 unspecified atom stereocenters. The van der Waals surface area contributed by atoms with Gasteiger partial charge >= 0.3 is 0 Å². The van der Waals surface area contributed by atoms with Crippen molar-refractivity contribution in [1.82, 2.24) is 0 Å². The van der Waals surface area contributed by atoms with Crippen molar-refractivity contribution in [2.75, 3.05) is 23.3 Å². The molecule has 0 saturated heterocycles.